The van der Waals surface area contributed by atoms with Gasteiger partial charge in [0.2, 0.25) is 10.0 Å². The van der Waals surface area contributed by atoms with Crippen LogP contribution >= 0.6 is 11.6 Å². The van der Waals surface area contributed by atoms with E-state index in [2.05, 4.69) is 11.6 Å². The van der Waals surface area contributed by atoms with Gasteiger partial charge in [-0.1, -0.05) is 19.1 Å². The van der Waals surface area contributed by atoms with E-state index in [9.17, 15) is 8.42 Å². The highest BCUT2D eigenvalue weighted by atomic mass is 35.5. The number of halogens is 1. The molecular weight excluding hydrogens is 310 g/mol. The number of aryl methyl sites for hydroxylation is 1. The molecule has 118 valence electrons. The third-order valence-electron chi connectivity index (χ3n) is 4.01. The second kappa shape index (κ2) is 7.09. The smallest absolute Gasteiger partial charge is 0.240 e. The average Bonchev–Trinajstić information content (AvgIpc) is 2.47. The first kappa shape index (κ1) is 16.7. The van der Waals surface area contributed by atoms with Gasteiger partial charge in [0.15, 0.2) is 0 Å². The zero-order valence-corrected chi connectivity index (χ0v) is 13.8. The summed E-state index contributed by atoms with van der Waals surface area (Å²) in [5.74, 6) is 0.533. The van der Waals surface area contributed by atoms with Crippen LogP contribution in [-0.2, 0) is 21.2 Å². The minimum absolute atomic E-state index is 0.0239. The molecule has 1 N–H and O–H groups in total. The molecule has 0 unspecified atom stereocenters. The Morgan fingerprint density at radius 2 is 1.86 bits per heavy atom. The zero-order valence-electron chi connectivity index (χ0n) is 12.3. The number of alkyl halides is 1. The maximum Gasteiger partial charge on any atom is 0.240 e. The van der Waals surface area contributed by atoms with Crippen LogP contribution in [0.3, 0.4) is 0 Å². The Morgan fingerprint density at radius 3 is 2.43 bits per heavy atom. The molecule has 0 aliphatic carbocycles. The van der Waals surface area contributed by atoms with Crippen molar-refractivity contribution in [3.63, 3.8) is 0 Å². The number of rotatable bonds is 6. The second-order valence-electron chi connectivity index (χ2n) is 5.83. The van der Waals surface area contributed by atoms with Crippen molar-refractivity contribution in [3.05, 3.63) is 29.8 Å². The van der Waals surface area contributed by atoms with Crippen molar-refractivity contribution in [1.29, 1.82) is 0 Å². The van der Waals surface area contributed by atoms with Crippen LogP contribution in [0.15, 0.2) is 29.2 Å². The number of hydrogen-bond acceptors (Lipinski definition) is 3. The van der Waals surface area contributed by atoms with Gasteiger partial charge in [0, 0.05) is 25.6 Å². The lowest BCUT2D eigenvalue weighted by Gasteiger charge is -2.33. The molecule has 0 aromatic heterocycles. The molecule has 0 spiro atoms. The first-order valence-electron chi connectivity index (χ1n) is 7.18. The molecule has 6 heteroatoms. The Labute approximate surface area is 131 Å². The highest BCUT2D eigenvalue weighted by Gasteiger charge is 2.29. The van der Waals surface area contributed by atoms with Gasteiger partial charge < -0.3 is 4.74 Å². The van der Waals surface area contributed by atoms with Crippen LogP contribution in [0.25, 0.3) is 0 Å². The lowest BCUT2D eigenvalue weighted by atomic mass is 9.83. The first-order chi connectivity index (χ1) is 9.95. The Bertz CT molecular complexity index is 551. The van der Waals surface area contributed by atoms with Crippen LogP contribution in [0.4, 0.5) is 0 Å². The van der Waals surface area contributed by atoms with Gasteiger partial charge in [-0.05, 0) is 42.4 Å². The van der Waals surface area contributed by atoms with Crippen molar-refractivity contribution in [1.82, 2.24) is 4.72 Å². The maximum atomic E-state index is 12.3. The number of nitrogens with one attached hydrogen (secondary N) is 1. The molecule has 21 heavy (non-hydrogen) atoms. The summed E-state index contributed by atoms with van der Waals surface area (Å²) in [5, 5.41) is 0. The Hall–Kier alpha value is -0.620. The lowest BCUT2D eigenvalue weighted by molar-refractivity contribution is 0.0265. The molecule has 1 aliphatic heterocycles. The minimum Gasteiger partial charge on any atom is -0.381 e. The van der Waals surface area contributed by atoms with Gasteiger partial charge in [0.1, 0.15) is 0 Å². The summed E-state index contributed by atoms with van der Waals surface area (Å²) in [4.78, 5) is 0.302. The SMILES string of the molecule is CC1(CNS(=O)(=O)c2ccc(CCCl)cc2)CCOCC1. The molecule has 0 saturated carbocycles. The largest absolute Gasteiger partial charge is 0.381 e. The summed E-state index contributed by atoms with van der Waals surface area (Å²) >= 11 is 5.68. The molecule has 1 fully saturated rings. The quantitative estimate of drug-likeness (QED) is 0.815. The van der Waals surface area contributed by atoms with Gasteiger partial charge in [-0.15, -0.1) is 11.6 Å². The van der Waals surface area contributed by atoms with Gasteiger partial charge in [-0.3, -0.25) is 0 Å². The predicted molar refractivity (Wildman–Crippen MR) is 84.2 cm³/mol. The van der Waals surface area contributed by atoms with Gasteiger partial charge >= 0.3 is 0 Å². The van der Waals surface area contributed by atoms with Crippen molar-refractivity contribution in [2.45, 2.75) is 31.1 Å². The standard InChI is InChI=1S/C15H22ClNO3S/c1-15(7-10-20-11-8-15)12-17-21(18,19)14-4-2-13(3-5-14)6-9-16/h2-5,17H,6-12H2,1H3. The van der Waals surface area contributed by atoms with Gasteiger partial charge in [-0.25, -0.2) is 13.1 Å². The molecule has 1 aromatic rings. The maximum absolute atomic E-state index is 12.3. The summed E-state index contributed by atoms with van der Waals surface area (Å²) in [5.41, 5.74) is 1.02. The molecular formula is C15H22ClNO3S. The summed E-state index contributed by atoms with van der Waals surface area (Å²) in [6.07, 6.45) is 2.50. The van der Waals surface area contributed by atoms with Crippen molar-refractivity contribution < 1.29 is 13.2 Å². The molecule has 1 saturated heterocycles. The van der Waals surface area contributed by atoms with E-state index in [0.717, 1.165) is 24.8 Å². The predicted octanol–water partition coefficient (Wildman–Crippen LogP) is 2.56. The van der Waals surface area contributed by atoms with E-state index < -0.39 is 10.0 Å². The summed E-state index contributed by atoms with van der Waals surface area (Å²) in [6, 6.07) is 6.90. The summed E-state index contributed by atoms with van der Waals surface area (Å²) < 4.78 is 32.7. The molecule has 0 amide bonds. The molecule has 4 nitrogen and oxygen atoms in total. The number of ether oxygens (including phenoxy) is 1. The van der Waals surface area contributed by atoms with E-state index in [-0.39, 0.29) is 5.41 Å². The van der Waals surface area contributed by atoms with Crippen LogP contribution in [0.2, 0.25) is 0 Å². The molecule has 1 aromatic carbocycles. The molecule has 0 atom stereocenters. The number of hydrogen-bond donors (Lipinski definition) is 1. The van der Waals surface area contributed by atoms with Crippen molar-refractivity contribution in [2.24, 2.45) is 5.41 Å². The number of benzene rings is 1. The topological polar surface area (TPSA) is 55.4 Å². The summed E-state index contributed by atoms with van der Waals surface area (Å²) in [6.45, 7) is 3.94. The summed E-state index contributed by atoms with van der Waals surface area (Å²) in [7, 11) is -3.45. The molecule has 1 aliphatic rings. The molecule has 0 radical (unpaired) electrons. The van der Waals surface area contributed by atoms with Crippen LogP contribution in [0.1, 0.15) is 25.3 Å². The fourth-order valence-electron chi connectivity index (χ4n) is 2.34. The minimum atomic E-state index is -3.45. The molecule has 2 rings (SSSR count). The highest BCUT2D eigenvalue weighted by molar-refractivity contribution is 7.89. The zero-order chi connectivity index (χ0) is 15.3. The Kier molecular flexibility index (Phi) is 5.66. The second-order valence-corrected chi connectivity index (χ2v) is 7.98. The first-order valence-corrected chi connectivity index (χ1v) is 9.19. The van der Waals surface area contributed by atoms with E-state index >= 15 is 0 Å². The van der Waals surface area contributed by atoms with Crippen molar-refractivity contribution in [3.8, 4) is 0 Å². The fraction of sp³-hybridized carbons (Fsp3) is 0.600. The third kappa shape index (κ3) is 4.68. The third-order valence-corrected chi connectivity index (χ3v) is 5.61. The van der Waals surface area contributed by atoms with E-state index in [0.29, 0.717) is 30.5 Å². The van der Waals surface area contributed by atoms with Crippen LogP contribution < -0.4 is 4.72 Å². The van der Waals surface area contributed by atoms with Crippen molar-refractivity contribution in [2.75, 3.05) is 25.6 Å². The van der Waals surface area contributed by atoms with Gasteiger partial charge in [0.25, 0.3) is 0 Å². The van der Waals surface area contributed by atoms with E-state index in [1.807, 2.05) is 12.1 Å². The Balaban J connectivity index is 2.00. The van der Waals surface area contributed by atoms with Gasteiger partial charge in [0.05, 0.1) is 4.90 Å². The van der Waals surface area contributed by atoms with Gasteiger partial charge in [-0.2, -0.15) is 0 Å². The molecule has 0 bridgehead atoms. The monoisotopic (exact) mass is 331 g/mol. The lowest BCUT2D eigenvalue weighted by Crippen LogP contribution is -2.39. The van der Waals surface area contributed by atoms with E-state index in [1.54, 1.807) is 12.1 Å². The van der Waals surface area contributed by atoms with E-state index in [4.69, 9.17) is 16.3 Å². The highest BCUT2D eigenvalue weighted by Crippen LogP contribution is 2.29. The van der Waals surface area contributed by atoms with Crippen LogP contribution in [0.5, 0.6) is 0 Å². The Morgan fingerprint density at radius 1 is 1.24 bits per heavy atom. The average molecular weight is 332 g/mol. The fourth-order valence-corrected chi connectivity index (χ4v) is 3.76. The number of sulfonamides is 1. The van der Waals surface area contributed by atoms with Crippen LogP contribution in [-0.4, -0.2) is 34.1 Å². The normalized spacial score (nSPS) is 18.6. The van der Waals surface area contributed by atoms with Crippen LogP contribution in [0, 0.1) is 5.41 Å². The molecule has 1 heterocycles. The van der Waals surface area contributed by atoms with Crippen molar-refractivity contribution >= 4 is 21.6 Å². The van der Waals surface area contributed by atoms with E-state index in [1.165, 1.54) is 0 Å².